The number of hydrogen-bond donors (Lipinski definition) is 0. The summed E-state index contributed by atoms with van der Waals surface area (Å²) in [5, 5.41) is 0. The van der Waals surface area contributed by atoms with Gasteiger partial charge in [-0.2, -0.15) is 0 Å². The molecule has 2 aromatic rings. The number of allylic oxidation sites excluding steroid dienone is 2. The van der Waals surface area contributed by atoms with Crippen LogP contribution in [0.3, 0.4) is 0 Å². The fraction of sp³-hybridized carbons (Fsp3) is 0.610. The van der Waals surface area contributed by atoms with Crippen molar-refractivity contribution in [2.45, 2.75) is 163 Å². The molecule has 43 heavy (non-hydrogen) atoms. The van der Waals surface area contributed by atoms with Crippen LogP contribution in [-0.4, -0.2) is 4.70 Å². The highest BCUT2D eigenvalue weighted by atomic mass is 15.2. The molecule has 0 bridgehead atoms. The quantitative estimate of drug-likeness (QED) is 0.0920. The van der Waals surface area contributed by atoms with Crippen LogP contribution in [0, 0.1) is 0 Å². The minimum atomic E-state index is 1.02. The van der Waals surface area contributed by atoms with Crippen molar-refractivity contribution in [3.63, 3.8) is 0 Å². The summed E-state index contributed by atoms with van der Waals surface area (Å²) in [6.45, 7) is 9.12. The summed E-state index contributed by atoms with van der Waals surface area (Å²) in [5.74, 6) is 0. The highest BCUT2D eigenvalue weighted by Gasteiger charge is 2.35. The van der Waals surface area contributed by atoms with Crippen LogP contribution in [0.1, 0.15) is 172 Å². The fourth-order valence-electron chi connectivity index (χ4n) is 6.66. The largest absolute Gasteiger partial charge is 0.493 e. The molecule has 0 unspecified atom stereocenters. The van der Waals surface area contributed by atoms with Gasteiger partial charge in [-0.05, 0) is 86.8 Å². The first-order chi connectivity index (χ1) is 21.1. The maximum absolute atomic E-state index is 12.0. The number of rotatable bonds is 23. The lowest BCUT2D eigenvalue weighted by molar-refractivity contribution is -0.345. The Morgan fingerprint density at radius 3 is 1.28 bits per heavy atom. The van der Waals surface area contributed by atoms with E-state index < -0.39 is 0 Å². The lowest BCUT2D eigenvalue weighted by atomic mass is 9.91. The van der Waals surface area contributed by atoms with Crippen molar-refractivity contribution >= 4 is 11.4 Å². The van der Waals surface area contributed by atoms with Crippen molar-refractivity contribution in [1.29, 1.82) is 0 Å². The molecule has 236 valence electrons. The van der Waals surface area contributed by atoms with Crippen molar-refractivity contribution in [3.05, 3.63) is 87.5 Å². The molecule has 0 aliphatic carbocycles. The molecule has 0 saturated heterocycles. The topological polar surface area (TPSA) is 25.3 Å². The van der Waals surface area contributed by atoms with E-state index in [9.17, 15) is 5.53 Å². The molecule has 1 aliphatic heterocycles. The van der Waals surface area contributed by atoms with Crippen LogP contribution in [-0.2, 0) is 12.8 Å². The van der Waals surface area contributed by atoms with Gasteiger partial charge in [0.2, 0.25) is 11.4 Å². The van der Waals surface area contributed by atoms with Gasteiger partial charge < -0.3 is 5.53 Å². The average molecular weight is 583 g/mol. The number of nitrogens with zero attached hydrogens (tertiary/aromatic N) is 2. The molecule has 2 aromatic carbocycles. The zero-order valence-electron chi connectivity index (χ0n) is 28.4. The molecular formula is C41H62N2. The van der Waals surface area contributed by atoms with E-state index in [-0.39, 0.29) is 0 Å². The second kappa shape index (κ2) is 20.5. The third kappa shape index (κ3) is 11.2. The molecule has 0 amide bonds. The van der Waals surface area contributed by atoms with Crippen LogP contribution in [0.15, 0.2) is 59.7 Å². The summed E-state index contributed by atoms with van der Waals surface area (Å²) < 4.78 is 1.58. The van der Waals surface area contributed by atoms with Gasteiger partial charge in [-0.3, -0.25) is 0 Å². The first kappa shape index (κ1) is 35.0. The van der Waals surface area contributed by atoms with E-state index in [0.29, 0.717) is 0 Å². The maximum Gasteiger partial charge on any atom is 0.211 e. The van der Waals surface area contributed by atoms with Gasteiger partial charge >= 0.3 is 0 Å². The zero-order chi connectivity index (χ0) is 30.7. The number of aryl methyl sites for hydroxylation is 2. The van der Waals surface area contributed by atoms with E-state index in [1.165, 1.54) is 130 Å². The number of benzene rings is 2. The van der Waals surface area contributed by atoms with Gasteiger partial charge in [-0.1, -0.05) is 135 Å². The van der Waals surface area contributed by atoms with Crippen LogP contribution < -0.4 is 0 Å². The predicted octanol–water partition coefficient (Wildman–Crippen LogP) is 13.4. The van der Waals surface area contributed by atoms with Crippen LogP contribution >= 0.6 is 0 Å². The fourth-order valence-corrected chi connectivity index (χ4v) is 6.66. The van der Waals surface area contributed by atoms with Crippen molar-refractivity contribution in [3.8, 4) is 0 Å². The standard InChI is InChI=1S/C41H62N2/c1-5-9-13-15-17-20-24-34-26-22-28-36(32-34)40-38(30-12-8-4)39(31-19-11-7-3)41(43(40)42)37-29-23-27-35(33-37)25-21-18-16-14-10-6-2/h22-23,26-29,32-33H,5-21,24-25,30-31H2,1-4H3. The highest BCUT2D eigenvalue weighted by molar-refractivity contribution is 5.82. The summed E-state index contributed by atoms with van der Waals surface area (Å²) in [5.41, 5.74) is 22.0. The highest BCUT2D eigenvalue weighted by Crippen LogP contribution is 2.44. The molecular weight excluding hydrogens is 520 g/mol. The minimum Gasteiger partial charge on any atom is -0.493 e. The summed E-state index contributed by atoms with van der Waals surface area (Å²) in [7, 11) is 0. The van der Waals surface area contributed by atoms with Gasteiger partial charge in [0.15, 0.2) is 0 Å². The van der Waals surface area contributed by atoms with E-state index in [4.69, 9.17) is 0 Å². The summed E-state index contributed by atoms with van der Waals surface area (Å²) in [6.07, 6.45) is 26.0. The minimum absolute atomic E-state index is 1.02. The van der Waals surface area contributed by atoms with Gasteiger partial charge in [-0.25, -0.2) is 4.70 Å². The Morgan fingerprint density at radius 2 is 0.814 bits per heavy atom. The zero-order valence-corrected chi connectivity index (χ0v) is 28.4. The lowest BCUT2D eigenvalue weighted by Gasteiger charge is -2.12. The van der Waals surface area contributed by atoms with Gasteiger partial charge in [0, 0.05) is 22.3 Å². The SMILES string of the molecule is CCCCCCCCc1cccc(C2=C(CCCC)C(CCCCC)=C(c3cccc(CCCCCCCC)c3)[N+]2=[N-])c1. The molecule has 0 N–H and O–H groups in total. The summed E-state index contributed by atoms with van der Waals surface area (Å²) in [6, 6.07) is 18.1. The van der Waals surface area contributed by atoms with E-state index in [1.807, 2.05) is 0 Å². The second-order valence-electron chi connectivity index (χ2n) is 13.0. The normalized spacial score (nSPS) is 13.5. The Morgan fingerprint density at radius 1 is 0.442 bits per heavy atom. The van der Waals surface area contributed by atoms with E-state index in [2.05, 4.69) is 76.2 Å². The molecule has 0 saturated carbocycles. The molecule has 1 heterocycles. The lowest BCUT2D eigenvalue weighted by Crippen LogP contribution is -2.03. The van der Waals surface area contributed by atoms with E-state index >= 15 is 0 Å². The van der Waals surface area contributed by atoms with Crippen LogP contribution in [0.2, 0.25) is 0 Å². The van der Waals surface area contributed by atoms with E-state index in [1.54, 1.807) is 4.70 Å². The molecule has 0 radical (unpaired) electrons. The smallest absolute Gasteiger partial charge is 0.211 e. The Bertz CT molecular complexity index is 1170. The Balaban J connectivity index is 1.88. The second-order valence-corrected chi connectivity index (χ2v) is 13.0. The Labute approximate surface area is 265 Å². The van der Waals surface area contributed by atoms with Crippen molar-refractivity contribution in [2.24, 2.45) is 0 Å². The summed E-state index contributed by atoms with van der Waals surface area (Å²) >= 11 is 0. The molecule has 0 fully saturated rings. The molecule has 0 spiro atoms. The van der Waals surface area contributed by atoms with Crippen molar-refractivity contribution < 1.29 is 4.70 Å². The Kier molecular flexibility index (Phi) is 16.7. The molecule has 2 heteroatoms. The summed E-state index contributed by atoms with van der Waals surface area (Å²) in [4.78, 5) is 0. The molecule has 2 nitrogen and oxygen atoms in total. The predicted molar refractivity (Wildman–Crippen MR) is 188 cm³/mol. The van der Waals surface area contributed by atoms with Gasteiger partial charge in [0.05, 0.1) is 0 Å². The maximum atomic E-state index is 12.0. The van der Waals surface area contributed by atoms with Crippen LogP contribution in [0.25, 0.3) is 16.9 Å². The molecule has 0 aromatic heterocycles. The van der Waals surface area contributed by atoms with Crippen LogP contribution in [0.4, 0.5) is 0 Å². The third-order valence-electron chi connectivity index (χ3n) is 9.21. The average Bonchev–Trinajstić information content (AvgIpc) is 3.30. The molecule has 1 aliphatic rings. The van der Waals surface area contributed by atoms with Crippen molar-refractivity contribution in [2.75, 3.05) is 0 Å². The number of hydrogen-bond acceptors (Lipinski definition) is 0. The van der Waals surface area contributed by atoms with Crippen LogP contribution in [0.5, 0.6) is 0 Å². The number of unbranched alkanes of at least 4 members (excludes halogenated alkanes) is 13. The monoisotopic (exact) mass is 582 g/mol. The van der Waals surface area contributed by atoms with Gasteiger partial charge in [-0.15, -0.1) is 0 Å². The molecule has 3 rings (SSSR count). The molecule has 0 atom stereocenters. The van der Waals surface area contributed by atoms with Gasteiger partial charge in [0.1, 0.15) is 0 Å². The Hall–Kier alpha value is -2.48. The first-order valence-electron chi connectivity index (χ1n) is 18.3. The third-order valence-corrected chi connectivity index (χ3v) is 9.21. The van der Waals surface area contributed by atoms with E-state index in [0.717, 1.165) is 49.9 Å². The van der Waals surface area contributed by atoms with Gasteiger partial charge in [0.25, 0.3) is 0 Å². The van der Waals surface area contributed by atoms with Crippen molar-refractivity contribution in [1.82, 2.24) is 0 Å². The first-order valence-corrected chi connectivity index (χ1v) is 18.3.